The molecule has 0 bridgehead atoms. The number of hydrogen-bond acceptors (Lipinski definition) is 4. The molecule has 3 atom stereocenters. The van der Waals surface area contributed by atoms with E-state index in [2.05, 4.69) is 6.07 Å². The minimum atomic E-state index is -3.38. The molecule has 0 spiro atoms. The number of nitrogens with zero attached hydrogens (tertiary/aromatic N) is 1. The van der Waals surface area contributed by atoms with Crippen molar-refractivity contribution >= 4 is 9.84 Å². The lowest BCUT2D eigenvalue weighted by molar-refractivity contribution is 0.162. The van der Waals surface area contributed by atoms with Crippen molar-refractivity contribution in [3.05, 3.63) is 35.6 Å². The van der Waals surface area contributed by atoms with Gasteiger partial charge in [-0.25, -0.2) is 12.8 Å². The van der Waals surface area contributed by atoms with E-state index in [0.717, 1.165) is 6.26 Å². The Morgan fingerprint density at radius 2 is 2.00 bits per heavy atom. The summed E-state index contributed by atoms with van der Waals surface area (Å²) in [6.45, 7) is 0.0449. The maximum atomic E-state index is 12.9. The van der Waals surface area contributed by atoms with Crippen LogP contribution in [0, 0.1) is 22.6 Å². The van der Waals surface area contributed by atoms with Crippen LogP contribution >= 0.6 is 0 Å². The van der Waals surface area contributed by atoms with Crippen molar-refractivity contribution in [1.82, 2.24) is 0 Å². The van der Waals surface area contributed by atoms with E-state index in [9.17, 15) is 18.1 Å². The molecule has 0 saturated heterocycles. The molecule has 19 heavy (non-hydrogen) atoms. The molecule has 0 amide bonds. The lowest BCUT2D eigenvalue weighted by Crippen LogP contribution is -2.17. The first-order chi connectivity index (χ1) is 8.86. The summed E-state index contributed by atoms with van der Waals surface area (Å²) < 4.78 is 41.5. The molecule has 1 aliphatic rings. The fourth-order valence-corrected chi connectivity index (χ4v) is 4.60. The second-order valence-electron chi connectivity index (χ2n) is 4.86. The van der Waals surface area contributed by atoms with Crippen LogP contribution in [0.3, 0.4) is 0 Å². The van der Waals surface area contributed by atoms with Crippen molar-refractivity contribution in [2.45, 2.75) is 11.2 Å². The van der Waals surface area contributed by atoms with E-state index in [1.165, 1.54) is 31.4 Å². The van der Waals surface area contributed by atoms with E-state index in [-0.39, 0.29) is 6.61 Å². The van der Waals surface area contributed by atoms with Crippen LogP contribution in [-0.4, -0.2) is 33.6 Å². The summed E-state index contributed by atoms with van der Waals surface area (Å²) in [5, 5.41) is 8.54. The molecular weight excluding hydrogens is 269 g/mol. The molecule has 1 aliphatic carbocycles. The Morgan fingerprint density at radius 1 is 1.42 bits per heavy atom. The standard InChI is InChI=1S/C13H14FNO3S/c1-18-8-13(7-15)11(12(13)19(2,16)17)9-3-5-10(14)6-4-9/h3-6,11-12H,8H2,1-2H3/t11-,12+,13+/m0/s1. The number of methoxy groups -OCH3 is 1. The zero-order valence-corrected chi connectivity index (χ0v) is 11.4. The van der Waals surface area contributed by atoms with Gasteiger partial charge in [-0.2, -0.15) is 5.26 Å². The van der Waals surface area contributed by atoms with Crippen LogP contribution < -0.4 is 0 Å². The summed E-state index contributed by atoms with van der Waals surface area (Å²) in [5.41, 5.74) is -0.421. The average Bonchev–Trinajstić information content (AvgIpc) is 3.00. The van der Waals surface area contributed by atoms with E-state index in [0.29, 0.717) is 5.56 Å². The van der Waals surface area contributed by atoms with Gasteiger partial charge in [0.1, 0.15) is 11.2 Å². The Balaban J connectivity index is 2.44. The largest absolute Gasteiger partial charge is 0.383 e. The molecule has 4 nitrogen and oxygen atoms in total. The number of rotatable bonds is 4. The van der Waals surface area contributed by atoms with Crippen molar-refractivity contribution in [3.63, 3.8) is 0 Å². The fourth-order valence-electron chi connectivity index (χ4n) is 2.75. The van der Waals surface area contributed by atoms with Crippen LogP contribution in [0.25, 0.3) is 0 Å². The second-order valence-corrected chi connectivity index (χ2v) is 7.03. The van der Waals surface area contributed by atoms with Crippen LogP contribution in [0.1, 0.15) is 11.5 Å². The summed E-state index contributed by atoms with van der Waals surface area (Å²) in [6, 6.07) is 7.65. The normalized spacial score (nSPS) is 29.8. The maximum Gasteiger partial charge on any atom is 0.152 e. The summed E-state index contributed by atoms with van der Waals surface area (Å²) in [5.74, 6) is -0.859. The molecule has 1 aromatic carbocycles. The molecule has 0 radical (unpaired) electrons. The topological polar surface area (TPSA) is 67.2 Å². The van der Waals surface area contributed by atoms with Gasteiger partial charge in [0.2, 0.25) is 0 Å². The van der Waals surface area contributed by atoms with E-state index in [4.69, 9.17) is 4.74 Å². The summed E-state index contributed by atoms with van der Waals surface area (Å²) in [7, 11) is -1.95. The molecule has 0 aromatic heterocycles. The van der Waals surface area contributed by atoms with Gasteiger partial charge >= 0.3 is 0 Å². The third-order valence-electron chi connectivity index (χ3n) is 3.54. The van der Waals surface area contributed by atoms with Gasteiger partial charge in [-0.3, -0.25) is 0 Å². The van der Waals surface area contributed by atoms with Gasteiger partial charge in [-0.05, 0) is 17.7 Å². The highest BCUT2D eigenvalue weighted by Crippen LogP contribution is 2.62. The Kier molecular flexibility index (Phi) is 3.37. The van der Waals surface area contributed by atoms with Gasteiger partial charge in [0, 0.05) is 19.3 Å². The van der Waals surface area contributed by atoms with E-state index in [1.807, 2.05) is 0 Å². The Hall–Kier alpha value is -1.45. The highest BCUT2D eigenvalue weighted by molar-refractivity contribution is 7.91. The third kappa shape index (κ3) is 2.24. The minimum absolute atomic E-state index is 0.0449. The third-order valence-corrected chi connectivity index (χ3v) is 5.15. The number of hydrogen-bond donors (Lipinski definition) is 0. The van der Waals surface area contributed by atoms with Crippen LogP contribution in [-0.2, 0) is 14.6 Å². The van der Waals surface area contributed by atoms with Crippen LogP contribution in [0.15, 0.2) is 24.3 Å². The predicted octanol–water partition coefficient (Wildman–Crippen LogP) is 1.49. The van der Waals surface area contributed by atoms with Gasteiger partial charge < -0.3 is 4.74 Å². The van der Waals surface area contributed by atoms with Crippen molar-refractivity contribution < 1.29 is 17.5 Å². The molecule has 2 rings (SSSR count). The van der Waals surface area contributed by atoms with Gasteiger partial charge in [0.05, 0.1) is 17.9 Å². The number of sulfone groups is 1. The first-order valence-electron chi connectivity index (χ1n) is 5.71. The molecule has 0 unspecified atom stereocenters. The van der Waals surface area contributed by atoms with E-state index >= 15 is 0 Å². The zero-order chi connectivity index (χ0) is 14.3. The molecule has 6 heteroatoms. The van der Waals surface area contributed by atoms with Crippen molar-refractivity contribution in [2.75, 3.05) is 20.0 Å². The summed E-state index contributed by atoms with van der Waals surface area (Å²) in [6.07, 6.45) is 1.11. The van der Waals surface area contributed by atoms with Crippen molar-refractivity contribution in [3.8, 4) is 6.07 Å². The van der Waals surface area contributed by atoms with Gasteiger partial charge in [-0.1, -0.05) is 12.1 Å². The predicted molar refractivity (Wildman–Crippen MR) is 67.7 cm³/mol. The summed E-state index contributed by atoms with van der Waals surface area (Å²) >= 11 is 0. The fraction of sp³-hybridized carbons (Fsp3) is 0.462. The first-order valence-corrected chi connectivity index (χ1v) is 7.67. The molecule has 0 aliphatic heterocycles. The minimum Gasteiger partial charge on any atom is -0.383 e. The van der Waals surface area contributed by atoms with Crippen LogP contribution in [0.5, 0.6) is 0 Å². The van der Waals surface area contributed by atoms with Crippen molar-refractivity contribution in [1.29, 1.82) is 5.26 Å². The SMILES string of the molecule is COC[C@@]1(C#N)[C@H](S(C)(=O)=O)[C@@H]1c1ccc(F)cc1. The number of halogens is 1. The molecular formula is C13H14FNO3S. The van der Waals surface area contributed by atoms with E-state index < -0.39 is 32.2 Å². The Labute approximate surface area is 111 Å². The van der Waals surface area contributed by atoms with Gasteiger partial charge in [0.25, 0.3) is 0 Å². The Morgan fingerprint density at radius 3 is 2.42 bits per heavy atom. The second kappa shape index (κ2) is 4.58. The average molecular weight is 283 g/mol. The molecule has 0 N–H and O–H groups in total. The quantitative estimate of drug-likeness (QED) is 0.839. The van der Waals surface area contributed by atoms with E-state index in [1.54, 1.807) is 0 Å². The maximum absolute atomic E-state index is 12.9. The highest BCUT2D eigenvalue weighted by atomic mass is 32.2. The Bertz CT molecular complexity index is 620. The van der Waals surface area contributed by atoms with Crippen LogP contribution in [0.2, 0.25) is 0 Å². The first kappa shape index (κ1) is 14.0. The lowest BCUT2D eigenvalue weighted by Gasteiger charge is -2.06. The zero-order valence-electron chi connectivity index (χ0n) is 10.6. The van der Waals surface area contributed by atoms with Gasteiger partial charge in [0.15, 0.2) is 9.84 Å². The molecule has 1 fully saturated rings. The lowest BCUT2D eigenvalue weighted by atomic mass is 10.0. The number of ether oxygens (including phenoxy) is 1. The number of nitriles is 1. The van der Waals surface area contributed by atoms with Gasteiger partial charge in [-0.15, -0.1) is 0 Å². The monoisotopic (exact) mass is 283 g/mol. The molecule has 102 valence electrons. The molecule has 1 saturated carbocycles. The number of benzene rings is 1. The molecule has 0 heterocycles. The smallest absolute Gasteiger partial charge is 0.152 e. The highest BCUT2D eigenvalue weighted by Gasteiger charge is 2.71. The van der Waals surface area contributed by atoms with Crippen LogP contribution in [0.4, 0.5) is 4.39 Å². The summed E-state index contributed by atoms with van der Waals surface area (Å²) in [4.78, 5) is 0. The molecule has 1 aromatic rings. The van der Waals surface area contributed by atoms with Crippen molar-refractivity contribution in [2.24, 2.45) is 5.41 Å².